The van der Waals surface area contributed by atoms with E-state index in [0.717, 1.165) is 11.1 Å². The Kier molecular flexibility index (Phi) is 3.17. The highest BCUT2D eigenvalue weighted by Crippen LogP contribution is 2.32. The molecule has 1 aromatic carbocycles. The smallest absolute Gasteiger partial charge is 0.255 e. The third kappa shape index (κ3) is 2.16. The summed E-state index contributed by atoms with van der Waals surface area (Å²) in [4.78, 5) is 29.3. The standard InChI is InChI=1S/C16H14N2O3/c1-10(11-5-7-17-8-6-11)18-9-12-3-2-4-13(16(20)21)14(12)15(18)19/h2-8,10H,9H2,1H3,(H,20,21)/p-1/t10-/m0/s1. The van der Waals surface area contributed by atoms with Crippen molar-refractivity contribution in [1.82, 2.24) is 9.88 Å². The van der Waals surface area contributed by atoms with Crippen molar-refractivity contribution in [2.45, 2.75) is 19.5 Å². The predicted octanol–water partition coefficient (Wildman–Crippen LogP) is 1.16. The second-order valence-electron chi connectivity index (χ2n) is 5.02. The summed E-state index contributed by atoms with van der Waals surface area (Å²) in [6.07, 6.45) is 3.35. The molecule has 3 rings (SSSR count). The summed E-state index contributed by atoms with van der Waals surface area (Å²) in [6, 6.07) is 8.37. The quantitative estimate of drug-likeness (QED) is 0.846. The van der Waals surface area contributed by atoms with Gasteiger partial charge in [0.25, 0.3) is 5.91 Å². The van der Waals surface area contributed by atoms with Crippen molar-refractivity contribution in [3.05, 3.63) is 65.0 Å². The number of benzene rings is 1. The molecule has 1 atom stereocenters. The van der Waals surface area contributed by atoms with Crippen LogP contribution in [0.4, 0.5) is 0 Å². The third-order valence-corrected chi connectivity index (χ3v) is 3.84. The molecule has 1 aromatic heterocycles. The summed E-state index contributed by atoms with van der Waals surface area (Å²) in [5.74, 6) is -1.59. The number of hydrogen-bond donors (Lipinski definition) is 0. The van der Waals surface area contributed by atoms with Gasteiger partial charge >= 0.3 is 0 Å². The van der Waals surface area contributed by atoms with E-state index < -0.39 is 5.97 Å². The van der Waals surface area contributed by atoms with Gasteiger partial charge in [0.1, 0.15) is 0 Å². The van der Waals surface area contributed by atoms with Crippen LogP contribution < -0.4 is 5.11 Å². The van der Waals surface area contributed by atoms with Gasteiger partial charge < -0.3 is 14.8 Å². The molecule has 106 valence electrons. The molecule has 2 aromatic rings. The average molecular weight is 281 g/mol. The molecular weight excluding hydrogens is 268 g/mol. The van der Waals surface area contributed by atoms with E-state index in [4.69, 9.17) is 0 Å². The third-order valence-electron chi connectivity index (χ3n) is 3.84. The molecule has 0 bridgehead atoms. The van der Waals surface area contributed by atoms with Gasteiger partial charge in [-0.25, -0.2) is 0 Å². The van der Waals surface area contributed by atoms with Crippen molar-refractivity contribution in [3.63, 3.8) is 0 Å². The summed E-state index contributed by atoms with van der Waals surface area (Å²) in [7, 11) is 0. The fourth-order valence-corrected chi connectivity index (χ4v) is 2.69. The van der Waals surface area contributed by atoms with Gasteiger partial charge in [-0.3, -0.25) is 9.78 Å². The van der Waals surface area contributed by atoms with E-state index in [2.05, 4.69) is 4.98 Å². The first-order valence-corrected chi connectivity index (χ1v) is 6.63. The highest BCUT2D eigenvalue weighted by atomic mass is 16.4. The Morgan fingerprint density at radius 2 is 2.00 bits per heavy atom. The molecule has 0 N–H and O–H groups in total. The molecule has 0 fully saturated rings. The van der Waals surface area contributed by atoms with Crippen LogP contribution in [0, 0.1) is 0 Å². The zero-order valence-corrected chi connectivity index (χ0v) is 11.4. The van der Waals surface area contributed by atoms with E-state index in [1.807, 2.05) is 19.1 Å². The lowest BCUT2D eigenvalue weighted by Gasteiger charge is -2.24. The number of hydrogen-bond acceptors (Lipinski definition) is 4. The van der Waals surface area contributed by atoms with Crippen molar-refractivity contribution in [3.8, 4) is 0 Å². The number of fused-ring (bicyclic) bond motifs is 1. The monoisotopic (exact) mass is 281 g/mol. The number of amides is 1. The van der Waals surface area contributed by atoms with E-state index >= 15 is 0 Å². The maximum absolute atomic E-state index is 12.6. The number of aromatic nitrogens is 1. The van der Waals surface area contributed by atoms with Crippen LogP contribution in [-0.4, -0.2) is 21.8 Å². The van der Waals surface area contributed by atoms with E-state index in [0.29, 0.717) is 6.54 Å². The van der Waals surface area contributed by atoms with Crippen molar-refractivity contribution < 1.29 is 14.7 Å². The van der Waals surface area contributed by atoms with Crippen LogP contribution in [0.3, 0.4) is 0 Å². The summed E-state index contributed by atoms with van der Waals surface area (Å²) < 4.78 is 0. The zero-order valence-electron chi connectivity index (χ0n) is 11.4. The second-order valence-corrected chi connectivity index (χ2v) is 5.02. The van der Waals surface area contributed by atoms with Crippen LogP contribution in [0.2, 0.25) is 0 Å². The van der Waals surface area contributed by atoms with Gasteiger partial charge in [-0.2, -0.15) is 0 Å². The number of carboxylic acid groups (broad SMARTS) is 1. The summed E-state index contributed by atoms with van der Waals surface area (Å²) >= 11 is 0. The molecule has 1 aliphatic rings. The maximum atomic E-state index is 12.6. The molecule has 0 unspecified atom stereocenters. The minimum absolute atomic E-state index is 0.0399. The molecular formula is C16H13N2O3-. The molecule has 1 aliphatic heterocycles. The van der Waals surface area contributed by atoms with Gasteiger partial charge in [0.2, 0.25) is 0 Å². The molecule has 5 heteroatoms. The number of aromatic carboxylic acids is 1. The van der Waals surface area contributed by atoms with Gasteiger partial charge in [0.15, 0.2) is 0 Å². The fraction of sp³-hybridized carbons (Fsp3) is 0.188. The molecule has 5 nitrogen and oxygen atoms in total. The Hall–Kier alpha value is -2.69. The van der Waals surface area contributed by atoms with Crippen LogP contribution in [0.1, 0.15) is 44.8 Å². The number of carboxylic acids is 1. The van der Waals surface area contributed by atoms with E-state index in [-0.39, 0.29) is 23.1 Å². The fourth-order valence-electron chi connectivity index (χ4n) is 2.69. The summed E-state index contributed by atoms with van der Waals surface area (Å²) in [5, 5.41) is 11.2. The number of pyridine rings is 1. The average Bonchev–Trinajstić information content (AvgIpc) is 2.84. The Morgan fingerprint density at radius 3 is 2.67 bits per heavy atom. The van der Waals surface area contributed by atoms with Gasteiger partial charge in [-0.1, -0.05) is 18.2 Å². The SMILES string of the molecule is C[C@@H](c1ccncc1)N1Cc2cccc(C(=O)[O-])c2C1=O. The molecule has 0 saturated carbocycles. The van der Waals surface area contributed by atoms with Gasteiger partial charge in [-0.05, 0) is 30.2 Å². The number of carbonyl (C=O) groups is 2. The minimum Gasteiger partial charge on any atom is -0.545 e. The zero-order chi connectivity index (χ0) is 15.0. The lowest BCUT2D eigenvalue weighted by molar-refractivity contribution is -0.255. The van der Waals surface area contributed by atoms with Crippen LogP contribution >= 0.6 is 0 Å². The molecule has 0 saturated heterocycles. The second kappa shape index (κ2) is 5.01. The van der Waals surface area contributed by atoms with Crippen molar-refractivity contribution in [2.24, 2.45) is 0 Å². The summed E-state index contributed by atoms with van der Waals surface area (Å²) in [6.45, 7) is 2.32. The number of rotatable bonds is 3. The lowest BCUT2D eigenvalue weighted by Crippen LogP contribution is -2.29. The van der Waals surface area contributed by atoms with Crippen LogP contribution in [0.15, 0.2) is 42.7 Å². The van der Waals surface area contributed by atoms with Crippen molar-refractivity contribution >= 4 is 11.9 Å². The largest absolute Gasteiger partial charge is 0.545 e. The number of nitrogens with zero attached hydrogens (tertiary/aromatic N) is 2. The number of carbonyl (C=O) groups excluding carboxylic acids is 2. The highest BCUT2D eigenvalue weighted by molar-refractivity contribution is 6.07. The molecule has 21 heavy (non-hydrogen) atoms. The maximum Gasteiger partial charge on any atom is 0.255 e. The van der Waals surface area contributed by atoms with Crippen molar-refractivity contribution in [1.29, 1.82) is 0 Å². The first-order chi connectivity index (χ1) is 10.1. The molecule has 0 radical (unpaired) electrons. The highest BCUT2D eigenvalue weighted by Gasteiger charge is 2.33. The van der Waals surface area contributed by atoms with Crippen molar-refractivity contribution in [2.75, 3.05) is 0 Å². The Balaban J connectivity index is 1.98. The van der Waals surface area contributed by atoms with E-state index in [9.17, 15) is 14.7 Å². The lowest BCUT2D eigenvalue weighted by atomic mass is 10.0. The van der Waals surface area contributed by atoms with Gasteiger partial charge in [-0.15, -0.1) is 0 Å². The first-order valence-electron chi connectivity index (χ1n) is 6.63. The van der Waals surface area contributed by atoms with E-state index in [1.54, 1.807) is 29.4 Å². The van der Waals surface area contributed by atoms with Crippen LogP contribution in [0.5, 0.6) is 0 Å². The Labute approximate surface area is 121 Å². The van der Waals surface area contributed by atoms with Gasteiger partial charge in [0, 0.05) is 24.5 Å². The summed E-state index contributed by atoms with van der Waals surface area (Å²) in [5.41, 5.74) is 1.89. The molecule has 0 spiro atoms. The molecule has 0 aliphatic carbocycles. The topological polar surface area (TPSA) is 73.3 Å². The Bertz CT molecular complexity index is 713. The normalized spacial score (nSPS) is 14.9. The Morgan fingerprint density at radius 1 is 1.29 bits per heavy atom. The molecule has 2 heterocycles. The first kappa shape index (κ1) is 13.3. The predicted molar refractivity (Wildman–Crippen MR) is 73.3 cm³/mol. The molecule has 1 amide bonds. The van der Waals surface area contributed by atoms with E-state index in [1.165, 1.54) is 6.07 Å². The minimum atomic E-state index is -1.32. The van der Waals surface area contributed by atoms with Gasteiger partial charge in [0.05, 0.1) is 17.6 Å². The van der Waals surface area contributed by atoms with Crippen LogP contribution in [0.25, 0.3) is 0 Å². The van der Waals surface area contributed by atoms with Crippen LogP contribution in [-0.2, 0) is 6.54 Å².